The minimum atomic E-state index is -0.530. The number of hydrogen-bond donors (Lipinski definition) is 1. The van der Waals surface area contributed by atoms with Crippen molar-refractivity contribution in [2.24, 2.45) is 11.8 Å². The van der Waals surface area contributed by atoms with Crippen molar-refractivity contribution < 1.29 is 14.6 Å². The standard InChI is InChI=1S/C22H27N3O3/c1-13-6-16(10-23-9-13)22(27)25-11-17-7-19(26)21(8-18(17)12-25)28-20-5-4-14(2)24-15(20)3/h4-6,9-10,17-19,21,26H,7-8,11-12H2,1-3H3/t17-,18+,19+,21+/m0/s1. The van der Waals surface area contributed by atoms with Gasteiger partial charge in [0.25, 0.3) is 5.91 Å². The van der Waals surface area contributed by atoms with Crippen LogP contribution in [0.4, 0.5) is 0 Å². The third kappa shape index (κ3) is 3.74. The summed E-state index contributed by atoms with van der Waals surface area (Å²) in [5.74, 6) is 1.41. The number of amides is 1. The highest BCUT2D eigenvalue weighted by molar-refractivity contribution is 5.94. The van der Waals surface area contributed by atoms with Crippen LogP contribution in [-0.2, 0) is 0 Å². The molecule has 1 saturated carbocycles. The Kier molecular flexibility index (Phi) is 5.06. The second-order valence-corrected chi connectivity index (χ2v) is 8.21. The summed E-state index contributed by atoms with van der Waals surface area (Å²) in [5, 5.41) is 10.6. The highest BCUT2D eigenvalue weighted by atomic mass is 16.5. The summed E-state index contributed by atoms with van der Waals surface area (Å²) in [6, 6.07) is 5.73. The summed E-state index contributed by atoms with van der Waals surface area (Å²) in [5.41, 5.74) is 3.40. The number of aliphatic hydroxyl groups is 1. The molecule has 2 aromatic heterocycles. The number of pyridine rings is 2. The maximum Gasteiger partial charge on any atom is 0.255 e. The molecule has 1 amide bonds. The highest BCUT2D eigenvalue weighted by Crippen LogP contribution is 2.38. The third-order valence-corrected chi connectivity index (χ3v) is 5.95. The Bertz CT molecular complexity index is 885. The maximum atomic E-state index is 12.9. The quantitative estimate of drug-likeness (QED) is 0.885. The molecule has 1 saturated heterocycles. The molecule has 4 atom stereocenters. The fourth-order valence-electron chi connectivity index (χ4n) is 4.50. The first-order chi connectivity index (χ1) is 13.4. The van der Waals surface area contributed by atoms with Gasteiger partial charge in [-0.3, -0.25) is 14.8 Å². The molecular weight excluding hydrogens is 354 g/mol. The van der Waals surface area contributed by atoms with Crippen LogP contribution in [0.15, 0.2) is 30.6 Å². The van der Waals surface area contributed by atoms with Crippen molar-refractivity contribution in [3.05, 3.63) is 53.1 Å². The monoisotopic (exact) mass is 381 g/mol. The molecule has 2 aliphatic rings. The van der Waals surface area contributed by atoms with Crippen LogP contribution in [0.25, 0.3) is 0 Å². The van der Waals surface area contributed by atoms with E-state index in [4.69, 9.17) is 4.74 Å². The van der Waals surface area contributed by atoms with E-state index in [1.807, 2.05) is 43.9 Å². The number of aromatic nitrogens is 2. The van der Waals surface area contributed by atoms with E-state index >= 15 is 0 Å². The lowest BCUT2D eigenvalue weighted by Crippen LogP contribution is -2.42. The number of fused-ring (bicyclic) bond motifs is 1. The van der Waals surface area contributed by atoms with E-state index in [0.717, 1.165) is 29.1 Å². The molecule has 6 heteroatoms. The molecule has 3 heterocycles. The van der Waals surface area contributed by atoms with Gasteiger partial charge in [0, 0.05) is 31.2 Å². The van der Waals surface area contributed by atoms with Crippen molar-refractivity contribution >= 4 is 5.91 Å². The molecule has 1 aliphatic heterocycles. The van der Waals surface area contributed by atoms with E-state index in [1.54, 1.807) is 12.4 Å². The average molecular weight is 381 g/mol. The Morgan fingerprint density at radius 3 is 2.61 bits per heavy atom. The van der Waals surface area contributed by atoms with Gasteiger partial charge in [-0.05, 0) is 69.2 Å². The van der Waals surface area contributed by atoms with Crippen molar-refractivity contribution in [2.45, 2.75) is 45.8 Å². The topological polar surface area (TPSA) is 75.6 Å². The van der Waals surface area contributed by atoms with E-state index < -0.39 is 6.10 Å². The van der Waals surface area contributed by atoms with Gasteiger partial charge in [0.2, 0.25) is 0 Å². The number of carbonyl (C=O) groups is 1. The molecule has 0 aromatic carbocycles. The van der Waals surface area contributed by atoms with Crippen LogP contribution >= 0.6 is 0 Å². The van der Waals surface area contributed by atoms with Crippen molar-refractivity contribution in [3.8, 4) is 5.75 Å². The SMILES string of the molecule is Cc1cncc(C(=O)N2C[C@H]3C[C@@H](Oc4ccc(C)nc4C)[C@H](O)C[C@H]3C2)c1. The molecule has 4 rings (SSSR count). The van der Waals surface area contributed by atoms with Crippen LogP contribution in [0.1, 0.15) is 40.2 Å². The molecular formula is C22H27N3O3. The molecule has 2 fully saturated rings. The van der Waals surface area contributed by atoms with Crippen LogP contribution in [-0.4, -0.2) is 51.2 Å². The second kappa shape index (κ2) is 7.51. The Morgan fingerprint density at radius 2 is 1.89 bits per heavy atom. The molecule has 148 valence electrons. The van der Waals surface area contributed by atoms with Gasteiger partial charge in [0.05, 0.1) is 17.4 Å². The average Bonchev–Trinajstić information content (AvgIpc) is 3.06. The fraction of sp³-hybridized carbons (Fsp3) is 0.500. The van der Waals surface area contributed by atoms with Crippen molar-refractivity contribution in [3.63, 3.8) is 0 Å². The third-order valence-electron chi connectivity index (χ3n) is 5.95. The van der Waals surface area contributed by atoms with Gasteiger partial charge < -0.3 is 14.7 Å². The lowest BCUT2D eigenvalue weighted by molar-refractivity contribution is -0.0236. The molecule has 6 nitrogen and oxygen atoms in total. The van der Waals surface area contributed by atoms with Crippen LogP contribution in [0.3, 0.4) is 0 Å². The van der Waals surface area contributed by atoms with E-state index in [9.17, 15) is 9.90 Å². The normalized spacial score (nSPS) is 26.8. The Morgan fingerprint density at radius 1 is 1.14 bits per heavy atom. The lowest BCUT2D eigenvalue weighted by Gasteiger charge is -2.35. The summed E-state index contributed by atoms with van der Waals surface area (Å²) in [6.07, 6.45) is 3.99. The summed E-state index contributed by atoms with van der Waals surface area (Å²) < 4.78 is 6.13. The van der Waals surface area contributed by atoms with Crippen molar-refractivity contribution in [1.82, 2.24) is 14.9 Å². The number of nitrogens with zero attached hydrogens (tertiary/aromatic N) is 3. The first-order valence-corrected chi connectivity index (χ1v) is 9.90. The number of hydrogen-bond acceptors (Lipinski definition) is 5. The van der Waals surface area contributed by atoms with E-state index in [-0.39, 0.29) is 12.0 Å². The Labute approximate surface area is 165 Å². The predicted molar refractivity (Wildman–Crippen MR) is 105 cm³/mol. The molecule has 1 aliphatic carbocycles. The predicted octanol–water partition coefficient (Wildman–Crippen LogP) is 2.69. The van der Waals surface area contributed by atoms with Gasteiger partial charge in [0.15, 0.2) is 0 Å². The molecule has 0 bridgehead atoms. The van der Waals surface area contributed by atoms with E-state index in [2.05, 4.69) is 9.97 Å². The molecule has 0 spiro atoms. The number of ether oxygens (including phenoxy) is 1. The minimum absolute atomic E-state index is 0.0242. The van der Waals surface area contributed by atoms with Crippen LogP contribution in [0.5, 0.6) is 5.75 Å². The van der Waals surface area contributed by atoms with Crippen molar-refractivity contribution in [1.29, 1.82) is 0 Å². The van der Waals surface area contributed by atoms with Gasteiger partial charge in [0.1, 0.15) is 11.9 Å². The summed E-state index contributed by atoms with van der Waals surface area (Å²) in [4.78, 5) is 23.3. The zero-order valence-electron chi connectivity index (χ0n) is 16.6. The summed E-state index contributed by atoms with van der Waals surface area (Å²) >= 11 is 0. The molecule has 1 N–H and O–H groups in total. The van der Waals surface area contributed by atoms with Gasteiger partial charge in [-0.25, -0.2) is 0 Å². The second-order valence-electron chi connectivity index (χ2n) is 8.21. The van der Waals surface area contributed by atoms with Crippen LogP contribution < -0.4 is 4.74 Å². The lowest BCUT2D eigenvalue weighted by atomic mass is 9.78. The largest absolute Gasteiger partial charge is 0.486 e. The molecule has 2 aromatic rings. The number of aryl methyl sites for hydroxylation is 3. The number of carbonyl (C=O) groups excluding carboxylic acids is 1. The number of likely N-dealkylation sites (tertiary alicyclic amines) is 1. The van der Waals surface area contributed by atoms with E-state index in [0.29, 0.717) is 36.9 Å². The zero-order valence-corrected chi connectivity index (χ0v) is 16.6. The van der Waals surface area contributed by atoms with Gasteiger partial charge >= 0.3 is 0 Å². The highest BCUT2D eigenvalue weighted by Gasteiger charge is 2.44. The van der Waals surface area contributed by atoms with Crippen LogP contribution in [0, 0.1) is 32.6 Å². The van der Waals surface area contributed by atoms with Gasteiger partial charge in [-0.15, -0.1) is 0 Å². The van der Waals surface area contributed by atoms with Gasteiger partial charge in [-0.2, -0.15) is 0 Å². The van der Waals surface area contributed by atoms with Crippen molar-refractivity contribution in [2.75, 3.05) is 13.1 Å². The number of rotatable bonds is 3. The molecule has 28 heavy (non-hydrogen) atoms. The maximum absolute atomic E-state index is 12.9. The minimum Gasteiger partial charge on any atom is -0.486 e. The zero-order chi connectivity index (χ0) is 19.8. The van der Waals surface area contributed by atoms with Crippen LogP contribution in [0.2, 0.25) is 0 Å². The summed E-state index contributed by atoms with van der Waals surface area (Å²) in [6.45, 7) is 7.20. The first-order valence-electron chi connectivity index (χ1n) is 9.90. The van der Waals surface area contributed by atoms with E-state index in [1.165, 1.54) is 0 Å². The Hall–Kier alpha value is -2.47. The molecule has 0 radical (unpaired) electrons. The smallest absolute Gasteiger partial charge is 0.255 e. The molecule has 0 unspecified atom stereocenters. The van der Waals surface area contributed by atoms with Gasteiger partial charge in [-0.1, -0.05) is 0 Å². The number of aliphatic hydroxyl groups excluding tert-OH is 1. The Balaban J connectivity index is 1.44. The first kappa shape index (κ1) is 18.9. The fourth-order valence-corrected chi connectivity index (χ4v) is 4.50. The summed E-state index contributed by atoms with van der Waals surface area (Å²) in [7, 11) is 0.